The van der Waals surface area contributed by atoms with Gasteiger partial charge in [-0.1, -0.05) is 0 Å². The number of alkyl halides is 1. The van der Waals surface area contributed by atoms with Crippen molar-refractivity contribution in [3.05, 3.63) is 0 Å². The van der Waals surface area contributed by atoms with Gasteiger partial charge in [0, 0.05) is 0 Å². The molecule has 0 bridgehead atoms. The molecule has 0 unspecified atom stereocenters. The lowest BCUT2D eigenvalue weighted by Crippen LogP contribution is -2.48. The number of halogens is 1. The zero-order valence-electron chi connectivity index (χ0n) is 8.85. The molecule has 0 aliphatic heterocycles. The number of rotatable bonds is 2. The Hall–Kier alpha value is -0.640. The predicted molar refractivity (Wildman–Crippen MR) is 49.0 cm³/mol. The number of nitrogens with two attached hydrogens (primary N) is 1. The summed E-state index contributed by atoms with van der Waals surface area (Å²) in [4.78, 5) is 11.2. The van der Waals surface area contributed by atoms with Gasteiger partial charge in [0.15, 0.2) is 0 Å². The lowest BCUT2D eigenvalue weighted by Gasteiger charge is -2.26. The van der Waals surface area contributed by atoms with Crippen molar-refractivity contribution in [3.63, 3.8) is 0 Å². The molecule has 0 heterocycles. The van der Waals surface area contributed by atoms with Crippen molar-refractivity contribution in [2.75, 3.05) is 0 Å². The van der Waals surface area contributed by atoms with Crippen LogP contribution >= 0.6 is 0 Å². The van der Waals surface area contributed by atoms with Crippen molar-refractivity contribution in [3.8, 4) is 0 Å². The van der Waals surface area contributed by atoms with Crippen molar-refractivity contribution in [1.29, 1.82) is 0 Å². The van der Waals surface area contributed by atoms with E-state index in [1.54, 1.807) is 20.8 Å². The van der Waals surface area contributed by atoms with Crippen LogP contribution in [0.4, 0.5) is 4.39 Å². The largest absolute Gasteiger partial charge is 0.459 e. The average Bonchev–Trinajstić information content (AvgIpc) is 1.79. The van der Waals surface area contributed by atoms with E-state index in [0.717, 1.165) is 0 Å². The molecule has 0 saturated carbocycles. The fourth-order valence-electron chi connectivity index (χ4n) is 0.646. The second-order valence-electron chi connectivity index (χ2n) is 4.58. The van der Waals surface area contributed by atoms with Gasteiger partial charge in [0.1, 0.15) is 17.3 Å². The summed E-state index contributed by atoms with van der Waals surface area (Å²) in [7, 11) is 0. The molecule has 0 rings (SSSR count). The van der Waals surface area contributed by atoms with Gasteiger partial charge >= 0.3 is 5.97 Å². The number of carbonyl (C=O) groups excluding carboxylic acids is 1. The molecular weight excluding hydrogens is 173 g/mol. The van der Waals surface area contributed by atoms with E-state index in [0.29, 0.717) is 0 Å². The molecule has 3 nitrogen and oxygen atoms in total. The Labute approximate surface area is 78.4 Å². The Balaban J connectivity index is 4.30. The van der Waals surface area contributed by atoms with Crippen LogP contribution in [-0.4, -0.2) is 23.3 Å². The minimum Gasteiger partial charge on any atom is -0.459 e. The third kappa shape index (κ3) is 4.83. The Morgan fingerprint density at radius 2 is 1.69 bits per heavy atom. The van der Waals surface area contributed by atoms with Crippen LogP contribution in [0.15, 0.2) is 0 Å². The van der Waals surface area contributed by atoms with Crippen LogP contribution in [0.2, 0.25) is 0 Å². The minimum absolute atomic E-state index is 0.625. The monoisotopic (exact) mass is 191 g/mol. The summed E-state index contributed by atoms with van der Waals surface area (Å²) in [6.07, 6.45) is 0. The lowest BCUT2D eigenvalue weighted by molar-refractivity contribution is -0.159. The number of carbonyl (C=O) groups is 1. The SMILES string of the molecule is CC(C)(C)OC(=O)[C@@H](N)C(C)(C)F. The average molecular weight is 191 g/mol. The third-order valence-corrected chi connectivity index (χ3v) is 1.40. The highest BCUT2D eigenvalue weighted by atomic mass is 19.1. The Morgan fingerprint density at radius 1 is 1.31 bits per heavy atom. The summed E-state index contributed by atoms with van der Waals surface area (Å²) in [6, 6.07) is -1.23. The second-order valence-corrected chi connectivity index (χ2v) is 4.58. The first-order valence-electron chi connectivity index (χ1n) is 4.21. The first-order valence-corrected chi connectivity index (χ1v) is 4.21. The molecule has 1 atom stereocenters. The number of esters is 1. The van der Waals surface area contributed by atoms with Crippen LogP contribution in [0.5, 0.6) is 0 Å². The zero-order valence-corrected chi connectivity index (χ0v) is 8.85. The standard InChI is InChI=1S/C9H18FNO2/c1-8(2,3)13-7(12)6(11)9(4,5)10/h6H,11H2,1-5H3/t6-/m1/s1. The normalized spacial score (nSPS) is 15.3. The van der Waals surface area contributed by atoms with Gasteiger partial charge in [-0.3, -0.25) is 4.79 Å². The van der Waals surface area contributed by atoms with Crippen LogP contribution in [0.1, 0.15) is 34.6 Å². The van der Waals surface area contributed by atoms with Crippen molar-refractivity contribution < 1.29 is 13.9 Å². The highest BCUT2D eigenvalue weighted by Crippen LogP contribution is 2.16. The highest BCUT2D eigenvalue weighted by molar-refractivity contribution is 5.77. The van der Waals surface area contributed by atoms with Gasteiger partial charge in [-0.2, -0.15) is 0 Å². The van der Waals surface area contributed by atoms with E-state index >= 15 is 0 Å². The van der Waals surface area contributed by atoms with E-state index in [4.69, 9.17) is 10.5 Å². The third-order valence-electron chi connectivity index (χ3n) is 1.40. The summed E-state index contributed by atoms with van der Waals surface area (Å²) in [6.45, 7) is 7.64. The van der Waals surface area contributed by atoms with Gasteiger partial charge in [0.2, 0.25) is 0 Å². The fraction of sp³-hybridized carbons (Fsp3) is 0.889. The summed E-state index contributed by atoms with van der Waals surface area (Å²) in [5, 5.41) is 0. The Morgan fingerprint density at radius 3 is 1.92 bits per heavy atom. The lowest BCUT2D eigenvalue weighted by atomic mass is 10.0. The summed E-state index contributed by atoms with van der Waals surface area (Å²) >= 11 is 0. The maximum absolute atomic E-state index is 13.2. The van der Waals surface area contributed by atoms with Gasteiger partial charge in [0.25, 0.3) is 0 Å². The molecule has 0 fully saturated rings. The van der Waals surface area contributed by atoms with Crippen molar-refractivity contribution in [2.24, 2.45) is 5.73 Å². The summed E-state index contributed by atoms with van der Waals surface area (Å²) < 4.78 is 18.1. The molecule has 78 valence electrons. The molecule has 2 N–H and O–H groups in total. The van der Waals surface area contributed by atoms with Crippen molar-refractivity contribution >= 4 is 5.97 Å². The first-order chi connectivity index (χ1) is 5.54. The van der Waals surface area contributed by atoms with E-state index in [2.05, 4.69) is 0 Å². The van der Waals surface area contributed by atoms with Gasteiger partial charge < -0.3 is 10.5 Å². The molecule has 0 aromatic rings. The quantitative estimate of drug-likeness (QED) is 0.671. The zero-order chi connectivity index (χ0) is 10.9. The summed E-state index contributed by atoms with van der Waals surface area (Å²) in [5.41, 5.74) is 2.98. The highest BCUT2D eigenvalue weighted by Gasteiger charge is 2.34. The smallest absolute Gasteiger partial charge is 0.326 e. The van der Waals surface area contributed by atoms with Gasteiger partial charge in [0.05, 0.1) is 0 Å². The van der Waals surface area contributed by atoms with Crippen molar-refractivity contribution in [1.82, 2.24) is 0 Å². The second kappa shape index (κ2) is 3.62. The Bertz CT molecular complexity index is 191. The molecule has 4 heteroatoms. The number of hydrogen-bond donors (Lipinski definition) is 1. The molecule has 0 aliphatic carbocycles. The van der Waals surface area contributed by atoms with Crippen LogP contribution in [0.25, 0.3) is 0 Å². The maximum Gasteiger partial charge on any atom is 0.326 e. The topological polar surface area (TPSA) is 52.3 Å². The summed E-state index contributed by atoms with van der Waals surface area (Å²) in [5.74, 6) is -0.708. The van der Waals surface area contributed by atoms with Crippen LogP contribution < -0.4 is 5.73 Å². The van der Waals surface area contributed by atoms with E-state index in [1.807, 2.05) is 0 Å². The van der Waals surface area contributed by atoms with Crippen LogP contribution in [0, 0.1) is 0 Å². The van der Waals surface area contributed by atoms with E-state index in [-0.39, 0.29) is 0 Å². The maximum atomic E-state index is 13.2. The number of ether oxygens (including phenoxy) is 1. The first kappa shape index (κ1) is 12.4. The van der Waals surface area contributed by atoms with Crippen LogP contribution in [-0.2, 0) is 9.53 Å². The molecule has 13 heavy (non-hydrogen) atoms. The molecule has 0 aromatic heterocycles. The van der Waals surface area contributed by atoms with E-state index in [9.17, 15) is 9.18 Å². The molecule has 0 saturated heterocycles. The molecule has 0 radical (unpaired) electrons. The van der Waals surface area contributed by atoms with Crippen molar-refractivity contribution in [2.45, 2.75) is 51.9 Å². The predicted octanol–water partition coefficient (Wildman–Crippen LogP) is 1.40. The van der Waals surface area contributed by atoms with Gasteiger partial charge in [-0.15, -0.1) is 0 Å². The molecule has 0 spiro atoms. The molecule has 0 amide bonds. The van der Waals surface area contributed by atoms with E-state index in [1.165, 1.54) is 13.8 Å². The van der Waals surface area contributed by atoms with Gasteiger partial charge in [-0.25, -0.2) is 4.39 Å². The Kier molecular flexibility index (Phi) is 3.44. The minimum atomic E-state index is -1.75. The van der Waals surface area contributed by atoms with E-state index < -0.39 is 23.3 Å². The molecular formula is C9H18FNO2. The number of hydrogen-bond acceptors (Lipinski definition) is 3. The molecule has 0 aromatic carbocycles. The molecule has 0 aliphatic rings. The van der Waals surface area contributed by atoms with Gasteiger partial charge in [-0.05, 0) is 34.6 Å². The fourth-order valence-corrected chi connectivity index (χ4v) is 0.646. The van der Waals surface area contributed by atoms with Crippen LogP contribution in [0.3, 0.4) is 0 Å².